The number of ether oxygens (including phenoxy) is 3. The molecule has 7 fully saturated rings. The number of likely N-dealkylation sites (N-methyl/N-ethyl adjacent to an activating group) is 1. The average Bonchev–Trinajstić information content (AvgIpc) is 3.32. The van der Waals surface area contributed by atoms with E-state index in [1.807, 2.05) is 7.11 Å². The highest BCUT2D eigenvalue weighted by molar-refractivity contribution is 5.66. The van der Waals surface area contributed by atoms with Crippen LogP contribution in [-0.2, 0) is 16.6 Å². The summed E-state index contributed by atoms with van der Waals surface area (Å²) in [6.45, 7) is 3.58. The molecule has 1 aromatic carbocycles. The molecule has 0 radical (unpaired) electrons. The maximum atomic E-state index is 7.01. The lowest BCUT2D eigenvalue weighted by atomic mass is 9.34. The van der Waals surface area contributed by atoms with Crippen LogP contribution in [0, 0.1) is 11.3 Å². The normalized spacial score (nSPS) is 57.8. The van der Waals surface area contributed by atoms with Crippen molar-refractivity contribution in [1.29, 1.82) is 0 Å². The third-order valence-corrected chi connectivity index (χ3v) is 10.6. The van der Waals surface area contributed by atoms with Crippen LogP contribution < -0.4 is 9.47 Å². The maximum absolute atomic E-state index is 7.01. The number of benzene rings is 1. The minimum atomic E-state index is -0.162. The molecule has 10 atom stereocenters. The number of methoxy groups -OCH3 is 2. The molecule has 0 aromatic heterocycles. The Bertz CT molecular complexity index is 965. The van der Waals surface area contributed by atoms with Gasteiger partial charge in [-0.15, -0.1) is 0 Å². The van der Waals surface area contributed by atoms with E-state index < -0.39 is 0 Å². The SMILES string of the molecule is COc1ccc2c3c1O[C@H]1[C@@]4(OC)C5C6N5C(C)[C@H]4C[C@@]64[C@@H](C2)N(C)CC[C@]314. The van der Waals surface area contributed by atoms with Gasteiger partial charge >= 0.3 is 0 Å². The number of nitrogens with zero attached hydrogens (tertiary/aromatic N) is 2. The van der Waals surface area contributed by atoms with Crippen molar-refractivity contribution in [3.05, 3.63) is 23.3 Å². The van der Waals surface area contributed by atoms with Gasteiger partial charge < -0.3 is 19.1 Å². The molecular weight excluding hydrogens is 352 g/mol. The summed E-state index contributed by atoms with van der Waals surface area (Å²) in [4.78, 5) is 5.50. The topological polar surface area (TPSA) is 33.9 Å². The van der Waals surface area contributed by atoms with Crippen molar-refractivity contribution in [1.82, 2.24) is 9.80 Å². The third-order valence-electron chi connectivity index (χ3n) is 10.6. The van der Waals surface area contributed by atoms with Crippen LogP contribution >= 0.6 is 0 Å². The quantitative estimate of drug-likeness (QED) is 0.731. The van der Waals surface area contributed by atoms with Crippen molar-refractivity contribution in [2.45, 2.75) is 67.5 Å². The monoisotopic (exact) mass is 380 g/mol. The Morgan fingerprint density at radius 2 is 2.07 bits per heavy atom. The van der Waals surface area contributed by atoms with Crippen molar-refractivity contribution in [2.24, 2.45) is 11.3 Å². The van der Waals surface area contributed by atoms with Gasteiger partial charge in [-0.05, 0) is 51.4 Å². The van der Waals surface area contributed by atoms with Crippen molar-refractivity contribution in [3.8, 4) is 11.5 Å². The van der Waals surface area contributed by atoms with Crippen LogP contribution in [0.1, 0.15) is 30.9 Å². The van der Waals surface area contributed by atoms with Crippen LogP contribution in [0.25, 0.3) is 0 Å². The van der Waals surface area contributed by atoms with Crippen molar-refractivity contribution >= 4 is 0 Å². The Hall–Kier alpha value is -1.30. The van der Waals surface area contributed by atoms with Gasteiger partial charge in [0.15, 0.2) is 11.5 Å². The summed E-state index contributed by atoms with van der Waals surface area (Å²) in [6.07, 6.45) is 3.76. The Balaban J connectivity index is 1.51. The standard InChI is InChI=1S/C23H28N2O3/c1-11-13-10-22-15-9-12-5-6-14(26-3)17-16(12)21(22,7-8-24(15)2)20(28-17)23(13,27-4)19-18(22)25(11)19/h5-6,11,13,15,18-20H,7-10H2,1-4H3/t11?,13-,15-,18?,19?,20-,21+,22-,23+,25?/m1/s1. The van der Waals surface area contributed by atoms with Gasteiger partial charge in [0.1, 0.15) is 11.7 Å². The smallest absolute Gasteiger partial charge is 0.165 e. The zero-order chi connectivity index (χ0) is 18.8. The first-order chi connectivity index (χ1) is 13.6. The molecule has 3 saturated carbocycles. The average molecular weight is 380 g/mol. The molecular formula is C23H28N2O3. The molecule has 2 spiro atoms. The fourth-order valence-corrected chi connectivity index (χ4v) is 9.99. The van der Waals surface area contributed by atoms with Gasteiger partial charge in [0.2, 0.25) is 0 Å². The Kier molecular flexibility index (Phi) is 2.28. The predicted molar refractivity (Wildman–Crippen MR) is 103 cm³/mol. The highest BCUT2D eigenvalue weighted by Crippen LogP contribution is 2.84. The molecule has 9 aliphatic rings. The molecule has 10 rings (SSSR count). The predicted octanol–water partition coefficient (Wildman–Crippen LogP) is 1.81. The van der Waals surface area contributed by atoms with Crippen LogP contribution in [-0.4, -0.2) is 73.5 Å². The maximum Gasteiger partial charge on any atom is 0.165 e. The molecule has 148 valence electrons. The number of rotatable bonds is 2. The highest BCUT2D eigenvalue weighted by atomic mass is 16.6. The largest absolute Gasteiger partial charge is 0.493 e. The number of hydrogen-bond donors (Lipinski definition) is 0. The number of hydrogen-bond acceptors (Lipinski definition) is 5. The minimum Gasteiger partial charge on any atom is -0.493 e. The van der Waals surface area contributed by atoms with Crippen LogP contribution in [0.3, 0.4) is 0 Å². The van der Waals surface area contributed by atoms with E-state index in [9.17, 15) is 0 Å². The first-order valence-electron chi connectivity index (χ1n) is 11.0. The Morgan fingerprint density at radius 3 is 2.82 bits per heavy atom. The Morgan fingerprint density at radius 1 is 1.21 bits per heavy atom. The summed E-state index contributed by atoms with van der Waals surface area (Å²) in [5.74, 6) is 2.53. The van der Waals surface area contributed by atoms with Gasteiger partial charge in [0, 0.05) is 47.5 Å². The van der Waals surface area contributed by atoms with E-state index in [1.54, 1.807) is 7.11 Å². The number of piperidine rings is 3. The molecule has 1 aromatic rings. The zero-order valence-corrected chi connectivity index (χ0v) is 17.1. The van der Waals surface area contributed by atoms with Crippen LogP contribution in [0.2, 0.25) is 0 Å². The lowest BCUT2D eigenvalue weighted by Gasteiger charge is -2.73. The molecule has 0 amide bonds. The summed E-state index contributed by atoms with van der Waals surface area (Å²) in [5, 5.41) is 0. The van der Waals surface area contributed by atoms with Crippen molar-refractivity contribution < 1.29 is 14.2 Å². The van der Waals surface area contributed by atoms with Gasteiger partial charge in [-0.25, -0.2) is 0 Å². The van der Waals surface area contributed by atoms with E-state index in [-0.39, 0.29) is 17.1 Å². The van der Waals surface area contributed by atoms with E-state index >= 15 is 0 Å². The molecule has 5 heterocycles. The number of likely N-dealkylation sites (tertiary alicyclic amines) is 1. The van der Waals surface area contributed by atoms with Gasteiger partial charge in [0.25, 0.3) is 0 Å². The summed E-state index contributed by atoms with van der Waals surface area (Å²) >= 11 is 0. The summed E-state index contributed by atoms with van der Waals surface area (Å²) in [6, 6.07) is 6.87. The molecule has 5 heteroatoms. The van der Waals surface area contributed by atoms with E-state index in [2.05, 4.69) is 35.9 Å². The second-order valence-corrected chi connectivity index (χ2v) is 10.5. The lowest BCUT2D eigenvalue weighted by molar-refractivity contribution is -0.263. The van der Waals surface area contributed by atoms with Crippen LogP contribution in [0.5, 0.6) is 11.5 Å². The Labute approximate surface area is 165 Å². The van der Waals surface area contributed by atoms with Crippen LogP contribution in [0.4, 0.5) is 0 Å². The fourth-order valence-electron chi connectivity index (χ4n) is 9.99. The second-order valence-electron chi connectivity index (χ2n) is 10.5. The zero-order valence-electron chi connectivity index (χ0n) is 17.1. The van der Waals surface area contributed by atoms with Gasteiger partial charge in [-0.2, -0.15) is 0 Å². The molecule has 5 nitrogen and oxygen atoms in total. The molecule has 5 aliphatic heterocycles. The lowest BCUT2D eigenvalue weighted by Crippen LogP contribution is -2.84. The van der Waals surface area contributed by atoms with Crippen molar-refractivity contribution in [2.75, 3.05) is 27.8 Å². The molecule has 4 saturated heterocycles. The minimum absolute atomic E-state index is 0.0875. The molecule has 0 N–H and O–H groups in total. The molecule has 8 bridgehead atoms. The highest BCUT2D eigenvalue weighted by Gasteiger charge is 2.95. The van der Waals surface area contributed by atoms with Crippen LogP contribution in [0.15, 0.2) is 12.1 Å². The van der Waals surface area contributed by atoms with Gasteiger partial charge in [-0.1, -0.05) is 6.07 Å². The molecule has 28 heavy (non-hydrogen) atoms. The first kappa shape index (κ1) is 15.5. The van der Waals surface area contributed by atoms with E-state index in [0.29, 0.717) is 35.5 Å². The first-order valence-corrected chi connectivity index (χ1v) is 11.0. The summed E-state index contributed by atoms with van der Waals surface area (Å²) < 4.78 is 19.4. The van der Waals surface area contributed by atoms with Gasteiger partial charge in [0.05, 0.1) is 13.2 Å². The van der Waals surface area contributed by atoms with E-state index in [4.69, 9.17) is 14.2 Å². The summed E-state index contributed by atoms with van der Waals surface area (Å²) in [5.41, 5.74) is 3.22. The fraction of sp³-hybridized carbons (Fsp3) is 0.739. The molecule has 4 unspecified atom stereocenters. The van der Waals surface area contributed by atoms with E-state index in [0.717, 1.165) is 24.5 Å². The van der Waals surface area contributed by atoms with Gasteiger partial charge in [-0.3, -0.25) is 4.90 Å². The molecule has 4 aliphatic carbocycles. The van der Waals surface area contributed by atoms with Crippen molar-refractivity contribution in [3.63, 3.8) is 0 Å². The second kappa shape index (κ2) is 4.12. The third kappa shape index (κ3) is 1.09. The van der Waals surface area contributed by atoms with E-state index in [1.165, 1.54) is 24.0 Å². The summed E-state index contributed by atoms with van der Waals surface area (Å²) in [7, 11) is 6.09.